The molecular weight excluding hydrogens is 240 g/mol. The molecule has 1 fully saturated rings. The third-order valence-electron chi connectivity index (χ3n) is 3.92. The van der Waals surface area contributed by atoms with E-state index in [2.05, 4.69) is 31.4 Å². The first-order chi connectivity index (χ1) is 8.87. The van der Waals surface area contributed by atoms with Crippen molar-refractivity contribution in [2.75, 3.05) is 19.7 Å². The highest BCUT2D eigenvalue weighted by atomic mass is 16.3. The Morgan fingerprint density at radius 3 is 2.37 bits per heavy atom. The fourth-order valence-corrected chi connectivity index (χ4v) is 2.62. The molecule has 1 amide bonds. The predicted molar refractivity (Wildman–Crippen MR) is 78.0 cm³/mol. The maximum Gasteiger partial charge on any atom is 0.221 e. The van der Waals surface area contributed by atoms with E-state index >= 15 is 0 Å². The van der Waals surface area contributed by atoms with Crippen molar-refractivity contribution in [1.82, 2.24) is 10.6 Å². The molecule has 0 heterocycles. The van der Waals surface area contributed by atoms with Gasteiger partial charge in [0.1, 0.15) is 0 Å². The number of carbonyl (C=O) groups is 1. The largest absolute Gasteiger partial charge is 0.396 e. The van der Waals surface area contributed by atoms with Gasteiger partial charge in [-0.25, -0.2) is 0 Å². The minimum atomic E-state index is -0.0641. The zero-order valence-electron chi connectivity index (χ0n) is 12.7. The Morgan fingerprint density at radius 1 is 1.21 bits per heavy atom. The first-order valence-corrected chi connectivity index (χ1v) is 7.50. The normalized spacial score (nSPS) is 19.2. The van der Waals surface area contributed by atoms with Gasteiger partial charge in [0.15, 0.2) is 0 Å². The molecule has 0 unspecified atom stereocenters. The summed E-state index contributed by atoms with van der Waals surface area (Å²) in [5.41, 5.74) is -0.0126. The molecule has 0 aromatic heterocycles. The molecule has 112 valence electrons. The van der Waals surface area contributed by atoms with Crippen LogP contribution in [-0.4, -0.2) is 36.2 Å². The monoisotopic (exact) mass is 270 g/mol. The lowest BCUT2D eigenvalue weighted by Crippen LogP contribution is -2.43. The lowest BCUT2D eigenvalue weighted by molar-refractivity contribution is -0.121. The third kappa shape index (κ3) is 6.39. The van der Waals surface area contributed by atoms with Gasteiger partial charge < -0.3 is 15.7 Å². The number of rotatable bonds is 6. The van der Waals surface area contributed by atoms with Gasteiger partial charge in [0.2, 0.25) is 5.91 Å². The van der Waals surface area contributed by atoms with Gasteiger partial charge in [-0.15, -0.1) is 0 Å². The summed E-state index contributed by atoms with van der Waals surface area (Å²) in [5.74, 6) is 0.0788. The van der Waals surface area contributed by atoms with E-state index in [9.17, 15) is 9.90 Å². The topological polar surface area (TPSA) is 61.4 Å². The SMILES string of the molecule is CC(C)(C)NCCC(=O)NCC1(CO)CCCCC1. The molecule has 0 aromatic rings. The van der Waals surface area contributed by atoms with Gasteiger partial charge in [-0.3, -0.25) is 4.79 Å². The number of hydrogen-bond acceptors (Lipinski definition) is 3. The lowest BCUT2D eigenvalue weighted by Gasteiger charge is -2.35. The molecule has 4 nitrogen and oxygen atoms in total. The molecule has 0 spiro atoms. The summed E-state index contributed by atoms with van der Waals surface area (Å²) in [6, 6.07) is 0. The molecule has 0 aliphatic heterocycles. The highest BCUT2D eigenvalue weighted by molar-refractivity contribution is 5.76. The van der Waals surface area contributed by atoms with Crippen LogP contribution in [0.25, 0.3) is 0 Å². The molecule has 4 heteroatoms. The van der Waals surface area contributed by atoms with E-state index in [0.717, 1.165) is 12.8 Å². The van der Waals surface area contributed by atoms with Crippen LogP contribution in [0.5, 0.6) is 0 Å². The van der Waals surface area contributed by atoms with Crippen LogP contribution in [0.3, 0.4) is 0 Å². The van der Waals surface area contributed by atoms with E-state index < -0.39 is 0 Å². The summed E-state index contributed by atoms with van der Waals surface area (Å²) in [6.07, 6.45) is 6.15. The third-order valence-corrected chi connectivity index (χ3v) is 3.92. The van der Waals surface area contributed by atoms with E-state index in [4.69, 9.17) is 0 Å². The molecule has 1 aliphatic rings. The van der Waals surface area contributed by atoms with Gasteiger partial charge in [0, 0.05) is 30.5 Å². The van der Waals surface area contributed by atoms with E-state index in [1.807, 2.05) is 0 Å². The zero-order chi connectivity index (χ0) is 14.4. The minimum Gasteiger partial charge on any atom is -0.396 e. The van der Waals surface area contributed by atoms with Crippen molar-refractivity contribution in [1.29, 1.82) is 0 Å². The van der Waals surface area contributed by atoms with Crippen LogP contribution in [0.4, 0.5) is 0 Å². The van der Waals surface area contributed by atoms with Crippen molar-refractivity contribution >= 4 is 5.91 Å². The lowest BCUT2D eigenvalue weighted by atomic mass is 9.74. The van der Waals surface area contributed by atoms with E-state index in [1.165, 1.54) is 19.3 Å². The summed E-state index contributed by atoms with van der Waals surface area (Å²) in [5, 5.41) is 15.9. The molecule has 0 aromatic carbocycles. The summed E-state index contributed by atoms with van der Waals surface area (Å²) in [6.45, 7) is 7.78. The Kier molecular flexibility index (Phi) is 6.27. The van der Waals surface area contributed by atoms with E-state index in [1.54, 1.807) is 0 Å². The molecule has 1 rings (SSSR count). The maximum absolute atomic E-state index is 11.8. The Bertz CT molecular complexity index is 278. The molecule has 19 heavy (non-hydrogen) atoms. The number of hydrogen-bond donors (Lipinski definition) is 3. The highest BCUT2D eigenvalue weighted by Crippen LogP contribution is 2.35. The predicted octanol–water partition coefficient (Wildman–Crippen LogP) is 1.82. The second-order valence-corrected chi connectivity index (χ2v) is 6.92. The quantitative estimate of drug-likeness (QED) is 0.690. The van der Waals surface area contributed by atoms with E-state index in [-0.39, 0.29) is 23.5 Å². The average Bonchev–Trinajstić information content (AvgIpc) is 2.36. The second-order valence-electron chi connectivity index (χ2n) is 6.92. The zero-order valence-corrected chi connectivity index (χ0v) is 12.7. The van der Waals surface area contributed by atoms with Gasteiger partial charge >= 0.3 is 0 Å². The molecule has 0 atom stereocenters. The van der Waals surface area contributed by atoms with Crippen LogP contribution in [-0.2, 0) is 4.79 Å². The number of aliphatic hydroxyl groups is 1. The fourth-order valence-electron chi connectivity index (χ4n) is 2.62. The second kappa shape index (κ2) is 7.25. The molecule has 0 saturated heterocycles. The van der Waals surface area contributed by atoms with Gasteiger partial charge in [-0.1, -0.05) is 19.3 Å². The molecule has 0 radical (unpaired) electrons. The van der Waals surface area contributed by atoms with Crippen molar-refractivity contribution in [3.8, 4) is 0 Å². The fraction of sp³-hybridized carbons (Fsp3) is 0.933. The Hall–Kier alpha value is -0.610. The van der Waals surface area contributed by atoms with Crippen molar-refractivity contribution in [2.24, 2.45) is 5.41 Å². The number of aliphatic hydroxyl groups excluding tert-OH is 1. The van der Waals surface area contributed by atoms with Crippen LogP contribution in [0, 0.1) is 5.41 Å². The van der Waals surface area contributed by atoms with Gasteiger partial charge in [-0.2, -0.15) is 0 Å². The highest BCUT2D eigenvalue weighted by Gasteiger charge is 2.31. The first-order valence-electron chi connectivity index (χ1n) is 7.50. The number of amides is 1. The number of nitrogens with one attached hydrogen (secondary N) is 2. The molecule has 1 aliphatic carbocycles. The maximum atomic E-state index is 11.8. The van der Waals surface area contributed by atoms with Crippen molar-refractivity contribution in [3.05, 3.63) is 0 Å². The van der Waals surface area contributed by atoms with Crippen molar-refractivity contribution in [3.63, 3.8) is 0 Å². The van der Waals surface area contributed by atoms with Crippen molar-refractivity contribution < 1.29 is 9.90 Å². The Labute approximate surface area is 117 Å². The summed E-state index contributed by atoms with van der Waals surface area (Å²) in [4.78, 5) is 11.8. The van der Waals surface area contributed by atoms with Crippen LogP contribution in [0.15, 0.2) is 0 Å². The summed E-state index contributed by atoms with van der Waals surface area (Å²) in [7, 11) is 0. The standard InChI is InChI=1S/C15H30N2O2/c1-14(2,3)17-10-7-13(19)16-11-15(12-18)8-5-4-6-9-15/h17-18H,4-12H2,1-3H3,(H,16,19). The van der Waals surface area contributed by atoms with Crippen LogP contribution in [0.1, 0.15) is 59.3 Å². The molecular formula is C15H30N2O2. The minimum absolute atomic E-state index is 0.0516. The van der Waals surface area contributed by atoms with Crippen LogP contribution in [0.2, 0.25) is 0 Å². The van der Waals surface area contributed by atoms with Gasteiger partial charge in [0.05, 0.1) is 6.61 Å². The van der Waals surface area contributed by atoms with Crippen LogP contribution >= 0.6 is 0 Å². The number of carbonyl (C=O) groups excluding carboxylic acids is 1. The first kappa shape index (κ1) is 16.4. The smallest absolute Gasteiger partial charge is 0.221 e. The molecule has 3 N–H and O–H groups in total. The summed E-state index contributed by atoms with van der Waals surface area (Å²) >= 11 is 0. The van der Waals surface area contributed by atoms with Crippen molar-refractivity contribution in [2.45, 2.75) is 64.8 Å². The van der Waals surface area contributed by atoms with E-state index in [0.29, 0.717) is 19.5 Å². The summed E-state index contributed by atoms with van der Waals surface area (Å²) < 4.78 is 0. The molecule has 1 saturated carbocycles. The average molecular weight is 270 g/mol. The van der Waals surface area contributed by atoms with Gasteiger partial charge in [-0.05, 0) is 33.6 Å². The van der Waals surface area contributed by atoms with Gasteiger partial charge in [0.25, 0.3) is 0 Å². The Morgan fingerprint density at radius 2 is 1.84 bits per heavy atom. The van der Waals surface area contributed by atoms with Crippen LogP contribution < -0.4 is 10.6 Å². The Balaban J connectivity index is 2.25. The molecule has 0 bridgehead atoms.